The van der Waals surface area contributed by atoms with Crippen molar-refractivity contribution in [2.75, 3.05) is 13.1 Å². The van der Waals surface area contributed by atoms with Gasteiger partial charge in [0, 0.05) is 19.3 Å². The predicted molar refractivity (Wildman–Crippen MR) is 166 cm³/mol. The molecule has 42 heavy (non-hydrogen) atoms. The average Bonchev–Trinajstić information content (AvgIpc) is 3.23. The van der Waals surface area contributed by atoms with Crippen LogP contribution in [0.3, 0.4) is 0 Å². The third-order valence-corrected chi connectivity index (χ3v) is 11.4. The molecule has 1 atom stereocenters. The topological polar surface area (TPSA) is 103 Å². The van der Waals surface area contributed by atoms with Crippen LogP contribution in [0.4, 0.5) is 4.79 Å². The Morgan fingerprint density at radius 1 is 0.857 bits per heavy atom. The smallest absolute Gasteiger partial charge is 0.346 e. The van der Waals surface area contributed by atoms with E-state index in [1.165, 1.54) is 20.8 Å². The molecule has 8 nitrogen and oxygen atoms in total. The Kier molecular flexibility index (Phi) is 8.94. The van der Waals surface area contributed by atoms with Gasteiger partial charge in [-0.2, -0.15) is 9.35 Å². The maximum Gasteiger partial charge on any atom is 0.346 e. The molecule has 214 valence electrons. The summed E-state index contributed by atoms with van der Waals surface area (Å²) in [4.78, 5) is 17.5. The summed E-state index contributed by atoms with van der Waals surface area (Å²) < 4.78 is 36.2. The zero-order valence-corrected chi connectivity index (χ0v) is 24.6. The monoisotopic (exact) mass is 599 g/mol. The van der Waals surface area contributed by atoms with E-state index in [1.807, 2.05) is 6.07 Å². The highest BCUT2D eigenvalue weighted by Gasteiger charge is 2.43. The van der Waals surface area contributed by atoms with E-state index in [-0.39, 0.29) is 6.54 Å². The predicted octanol–water partition coefficient (Wildman–Crippen LogP) is 4.49. The molecule has 1 aromatic heterocycles. The van der Waals surface area contributed by atoms with Gasteiger partial charge in [-0.15, -0.1) is 0 Å². The molecule has 3 heterocycles. The third kappa shape index (κ3) is 6.35. The Morgan fingerprint density at radius 3 is 1.83 bits per heavy atom. The van der Waals surface area contributed by atoms with Gasteiger partial charge in [0.15, 0.2) is 0 Å². The van der Waals surface area contributed by atoms with E-state index >= 15 is 0 Å². The molecule has 1 saturated heterocycles. The number of rotatable bonds is 7. The van der Waals surface area contributed by atoms with E-state index in [4.69, 9.17) is 0 Å². The minimum Gasteiger partial charge on any atom is -0.724 e. The second kappa shape index (κ2) is 12.8. The van der Waals surface area contributed by atoms with Gasteiger partial charge in [0.05, 0.1) is 17.6 Å². The summed E-state index contributed by atoms with van der Waals surface area (Å²) in [5.74, 6) is 2.41. The molecule has 3 aromatic carbocycles. The van der Waals surface area contributed by atoms with Gasteiger partial charge in [-0.25, -0.2) is 13.2 Å². The van der Waals surface area contributed by atoms with Gasteiger partial charge in [-0.1, -0.05) is 72.8 Å². The highest BCUT2D eigenvalue weighted by Crippen LogP contribution is 2.56. The maximum absolute atomic E-state index is 11.9. The van der Waals surface area contributed by atoms with Gasteiger partial charge in [-0.3, -0.25) is 4.98 Å². The van der Waals surface area contributed by atoms with Crippen molar-refractivity contribution in [1.82, 2.24) is 14.9 Å². The summed E-state index contributed by atoms with van der Waals surface area (Å²) in [6, 6.07) is 36.8. The molecule has 0 spiro atoms. The normalized spacial score (nSPS) is 16.7. The Morgan fingerprint density at radius 2 is 1.38 bits per heavy atom. The molecular weight excluding hydrogens is 569 g/mol. The summed E-state index contributed by atoms with van der Waals surface area (Å²) in [6.45, 7) is 2.69. The third-order valence-electron chi connectivity index (χ3n) is 6.95. The molecule has 0 N–H and O–H groups in total. The van der Waals surface area contributed by atoms with Crippen LogP contribution in [0.25, 0.3) is 5.57 Å². The van der Waals surface area contributed by atoms with Crippen molar-refractivity contribution in [2.24, 2.45) is 0 Å². The van der Waals surface area contributed by atoms with E-state index < -0.39 is 29.7 Å². The standard InChI is InChI=1S/C21H20P.C11H11N3O5S/c1-2-18-22(19-12-6-3-7-13-19,20-14-8-4-9-15-20)21-16-10-5-11-17-21;15-11-13-6-8(10-3-1-2-4-12-10)5-9(7-13)14(11)19-20(16,17)18/h2-18H,1H3;1-5,9H,6-7H2,(H,16,17,18)/q+1;/p-1. The van der Waals surface area contributed by atoms with Crippen LogP contribution in [0.2, 0.25) is 0 Å². The van der Waals surface area contributed by atoms with Crippen LogP contribution in [0.5, 0.6) is 0 Å². The molecule has 0 radical (unpaired) electrons. The lowest BCUT2D eigenvalue weighted by atomic mass is 10.0. The molecule has 1 fully saturated rings. The molecule has 2 aliphatic rings. The average molecular weight is 600 g/mol. The van der Waals surface area contributed by atoms with Crippen molar-refractivity contribution in [1.29, 1.82) is 0 Å². The van der Waals surface area contributed by atoms with Crippen LogP contribution in [0.15, 0.2) is 133 Å². The van der Waals surface area contributed by atoms with Crippen molar-refractivity contribution in [3.63, 3.8) is 0 Å². The lowest BCUT2D eigenvalue weighted by Gasteiger charge is -2.23. The van der Waals surface area contributed by atoms with Gasteiger partial charge in [-0.05, 0) is 61.0 Å². The SMILES string of the molecule is CC=C[P+](c1ccccc1)(c1ccccc1)c1ccccc1.O=C1N2CC(c3ccccn3)=CC(C2)N1OS(=O)(=O)[O-]. The second-order valence-electron chi connectivity index (χ2n) is 9.66. The Hall–Kier alpha value is -4.14. The van der Waals surface area contributed by atoms with Crippen LogP contribution >= 0.6 is 7.26 Å². The van der Waals surface area contributed by atoms with Gasteiger partial charge < -0.3 is 9.45 Å². The van der Waals surface area contributed by atoms with Gasteiger partial charge in [0.2, 0.25) is 10.4 Å². The van der Waals surface area contributed by atoms with E-state index in [1.54, 1.807) is 24.4 Å². The van der Waals surface area contributed by atoms with E-state index in [9.17, 15) is 17.8 Å². The van der Waals surface area contributed by atoms with Crippen molar-refractivity contribution in [2.45, 2.75) is 13.0 Å². The van der Waals surface area contributed by atoms with Crippen molar-refractivity contribution < 1.29 is 22.0 Å². The minimum atomic E-state index is -4.98. The van der Waals surface area contributed by atoms with Crippen LogP contribution in [-0.2, 0) is 14.7 Å². The van der Waals surface area contributed by atoms with Crippen LogP contribution in [-0.4, -0.2) is 53.1 Å². The minimum absolute atomic E-state index is 0.282. The zero-order chi connectivity index (χ0) is 29.6. The lowest BCUT2D eigenvalue weighted by Crippen LogP contribution is -2.35. The summed E-state index contributed by atoms with van der Waals surface area (Å²) in [5, 5.41) is 4.78. The summed E-state index contributed by atoms with van der Waals surface area (Å²) in [5.41, 5.74) is 1.48. The summed E-state index contributed by atoms with van der Waals surface area (Å²) in [6.07, 6.45) is 5.51. The number of fused-ring (bicyclic) bond motifs is 2. The van der Waals surface area contributed by atoms with Gasteiger partial charge in [0.25, 0.3) is 0 Å². The van der Waals surface area contributed by atoms with Crippen molar-refractivity contribution in [3.05, 3.63) is 139 Å². The molecule has 10 heteroatoms. The van der Waals surface area contributed by atoms with E-state index in [2.05, 4.69) is 119 Å². The van der Waals surface area contributed by atoms with Crippen molar-refractivity contribution >= 4 is 45.2 Å². The first-order valence-corrected chi connectivity index (χ1v) is 16.6. The number of hydroxylamine groups is 2. The fourth-order valence-electron chi connectivity index (χ4n) is 5.23. The van der Waals surface area contributed by atoms with Crippen molar-refractivity contribution in [3.8, 4) is 0 Å². The molecule has 0 aliphatic carbocycles. The first kappa shape index (κ1) is 29.4. The number of pyridine rings is 1. The number of allylic oxidation sites excluding steroid dienone is 1. The van der Waals surface area contributed by atoms with Gasteiger partial charge >= 0.3 is 6.03 Å². The quantitative estimate of drug-likeness (QED) is 0.176. The Balaban J connectivity index is 0.000000169. The number of urea groups is 1. The second-order valence-corrected chi connectivity index (χ2v) is 13.9. The number of nitrogens with zero attached hydrogens (tertiary/aromatic N) is 3. The molecule has 1 unspecified atom stereocenters. The van der Waals surface area contributed by atoms with Crippen LogP contribution in [0, 0.1) is 0 Å². The molecule has 4 aromatic rings. The zero-order valence-electron chi connectivity index (χ0n) is 22.9. The van der Waals surface area contributed by atoms with Crippen LogP contribution in [0.1, 0.15) is 12.6 Å². The number of hydrogen-bond donors (Lipinski definition) is 0. The fourth-order valence-corrected chi connectivity index (χ4v) is 9.38. The van der Waals surface area contributed by atoms with Crippen LogP contribution < -0.4 is 15.9 Å². The van der Waals surface area contributed by atoms with Gasteiger partial charge in [0.1, 0.15) is 23.2 Å². The number of carbonyl (C=O) groups is 1. The highest BCUT2D eigenvalue weighted by molar-refractivity contribution is 7.98. The molecule has 2 bridgehead atoms. The Bertz CT molecular complexity index is 1570. The fraction of sp³-hybridized carbons (Fsp3) is 0.125. The number of carbonyl (C=O) groups excluding carboxylic acids is 1. The summed E-state index contributed by atoms with van der Waals surface area (Å²) >= 11 is 0. The van der Waals surface area contributed by atoms with E-state index in [0.29, 0.717) is 17.3 Å². The largest absolute Gasteiger partial charge is 0.724 e. The molecule has 0 saturated carbocycles. The van der Waals surface area contributed by atoms with E-state index in [0.717, 1.165) is 5.57 Å². The molecule has 2 aliphatic heterocycles. The first-order chi connectivity index (χ1) is 20.3. The Labute approximate surface area is 246 Å². The number of amides is 2. The summed E-state index contributed by atoms with van der Waals surface area (Å²) in [7, 11) is -6.71. The maximum atomic E-state index is 11.9. The number of benzene rings is 3. The number of hydrogen-bond acceptors (Lipinski definition) is 6. The highest BCUT2D eigenvalue weighted by atomic mass is 32.3. The lowest BCUT2D eigenvalue weighted by molar-refractivity contribution is -0.0195. The molecule has 6 rings (SSSR count). The molecule has 2 amide bonds. The first-order valence-electron chi connectivity index (χ1n) is 13.4. The molecular formula is C32H30N3O5PS. The number of aromatic nitrogens is 1.